The van der Waals surface area contributed by atoms with Crippen LogP contribution in [0.2, 0.25) is 0 Å². The second-order valence-electron chi connectivity index (χ2n) is 10.7. The topological polar surface area (TPSA) is 116 Å². The Kier molecular flexibility index (Phi) is 6.31. The Labute approximate surface area is 194 Å². The Hall–Kier alpha value is -2.38. The molecule has 4 aliphatic rings. The van der Waals surface area contributed by atoms with E-state index in [1.165, 1.54) is 6.92 Å². The van der Waals surface area contributed by atoms with E-state index < -0.39 is 18.2 Å². The number of fused-ring (bicyclic) bond motifs is 5. The second-order valence-corrected chi connectivity index (χ2v) is 10.7. The predicted octanol–water partition coefficient (Wildman–Crippen LogP) is 4.06. The fourth-order valence-corrected chi connectivity index (χ4v) is 7.56. The number of ketones is 1. The highest BCUT2D eigenvalue weighted by atomic mass is 16.7. The summed E-state index contributed by atoms with van der Waals surface area (Å²) in [4.78, 5) is 47.3. The zero-order valence-electron chi connectivity index (χ0n) is 19.6. The predicted molar refractivity (Wildman–Crippen MR) is 116 cm³/mol. The minimum absolute atomic E-state index is 0.0732. The maximum atomic E-state index is 12.7. The zero-order valence-corrected chi connectivity index (χ0v) is 19.6. The van der Waals surface area contributed by atoms with Crippen LogP contribution in [-0.4, -0.2) is 47.8 Å². The fraction of sp³-hybridized carbons (Fsp3) is 0.760. The molecule has 3 saturated carbocycles. The molecule has 0 aromatic heterocycles. The molecule has 4 aliphatic carbocycles. The molecule has 0 spiro atoms. The highest BCUT2D eigenvalue weighted by molar-refractivity contribution is 5.91. The molecule has 8 nitrogen and oxygen atoms in total. The molecule has 0 aliphatic heterocycles. The van der Waals surface area contributed by atoms with E-state index in [0.717, 1.165) is 37.7 Å². The first-order chi connectivity index (χ1) is 15.5. The Morgan fingerprint density at radius 2 is 1.88 bits per heavy atom. The molecule has 0 heterocycles. The summed E-state index contributed by atoms with van der Waals surface area (Å²) in [5, 5.41) is 8.68. The Balaban J connectivity index is 1.64. The third-order valence-corrected chi connectivity index (χ3v) is 8.91. The lowest BCUT2D eigenvalue weighted by atomic mass is 9.46. The molecular formula is C25H34O8. The average molecular weight is 463 g/mol. The van der Waals surface area contributed by atoms with Crippen LogP contribution in [-0.2, 0) is 28.6 Å². The molecule has 8 heteroatoms. The van der Waals surface area contributed by atoms with Crippen LogP contribution >= 0.6 is 0 Å². The summed E-state index contributed by atoms with van der Waals surface area (Å²) in [6, 6.07) is 0. The van der Waals surface area contributed by atoms with Crippen LogP contribution in [0.4, 0.5) is 4.79 Å². The smallest absolute Gasteiger partial charge is 0.462 e. The minimum Gasteiger partial charge on any atom is -0.462 e. The number of esters is 2. The van der Waals surface area contributed by atoms with Gasteiger partial charge in [-0.05, 0) is 61.9 Å². The second kappa shape index (κ2) is 8.76. The molecule has 0 amide bonds. The van der Waals surface area contributed by atoms with E-state index in [4.69, 9.17) is 14.6 Å². The molecule has 0 radical (unpaired) electrons. The van der Waals surface area contributed by atoms with Crippen molar-refractivity contribution in [2.75, 3.05) is 6.61 Å². The molecule has 0 saturated heterocycles. The van der Waals surface area contributed by atoms with Gasteiger partial charge in [-0.15, -0.1) is 0 Å². The van der Waals surface area contributed by atoms with Gasteiger partial charge < -0.3 is 19.3 Å². The highest BCUT2D eigenvalue weighted by Gasteiger charge is 2.64. The number of ether oxygens (including phenoxy) is 3. The molecule has 3 fully saturated rings. The average Bonchev–Trinajstić information content (AvgIpc) is 3.03. The van der Waals surface area contributed by atoms with E-state index in [0.29, 0.717) is 24.7 Å². The molecule has 4 rings (SSSR count). The van der Waals surface area contributed by atoms with Gasteiger partial charge in [0.05, 0.1) is 6.42 Å². The maximum absolute atomic E-state index is 12.7. The maximum Gasteiger partial charge on any atom is 0.505 e. The summed E-state index contributed by atoms with van der Waals surface area (Å²) in [7, 11) is 0. The largest absolute Gasteiger partial charge is 0.505 e. The van der Waals surface area contributed by atoms with Crippen LogP contribution in [0.1, 0.15) is 72.1 Å². The fourth-order valence-electron chi connectivity index (χ4n) is 7.56. The van der Waals surface area contributed by atoms with Crippen molar-refractivity contribution in [1.29, 1.82) is 0 Å². The minimum atomic E-state index is -1.42. The summed E-state index contributed by atoms with van der Waals surface area (Å²) in [6.07, 6.45) is 5.00. The summed E-state index contributed by atoms with van der Waals surface area (Å²) >= 11 is 0. The number of carboxylic acid groups (broad SMARTS) is 1. The highest BCUT2D eigenvalue weighted by Crippen LogP contribution is 2.66. The van der Waals surface area contributed by atoms with E-state index in [1.54, 1.807) is 0 Å². The van der Waals surface area contributed by atoms with Crippen molar-refractivity contribution in [3.8, 4) is 0 Å². The number of carbonyl (C=O) groups is 4. The van der Waals surface area contributed by atoms with Crippen LogP contribution in [0.5, 0.6) is 0 Å². The van der Waals surface area contributed by atoms with E-state index in [-0.39, 0.29) is 47.6 Å². The molecule has 0 aromatic carbocycles. The van der Waals surface area contributed by atoms with Crippen molar-refractivity contribution < 1.29 is 38.5 Å². The first kappa shape index (κ1) is 23.8. The number of rotatable bonds is 5. The van der Waals surface area contributed by atoms with Gasteiger partial charge in [0.25, 0.3) is 0 Å². The van der Waals surface area contributed by atoms with Crippen LogP contribution in [0.3, 0.4) is 0 Å². The Morgan fingerprint density at radius 3 is 2.58 bits per heavy atom. The van der Waals surface area contributed by atoms with Gasteiger partial charge in [-0.1, -0.05) is 19.4 Å². The lowest BCUT2D eigenvalue weighted by Gasteiger charge is -2.60. The van der Waals surface area contributed by atoms with E-state index in [9.17, 15) is 19.2 Å². The van der Waals surface area contributed by atoms with Gasteiger partial charge in [0.15, 0.2) is 5.78 Å². The van der Waals surface area contributed by atoms with Crippen LogP contribution in [0.15, 0.2) is 11.6 Å². The summed E-state index contributed by atoms with van der Waals surface area (Å²) in [6.45, 7) is 5.54. The van der Waals surface area contributed by atoms with Crippen molar-refractivity contribution in [2.24, 2.45) is 28.6 Å². The molecular weight excluding hydrogens is 428 g/mol. The van der Waals surface area contributed by atoms with E-state index >= 15 is 0 Å². The Morgan fingerprint density at radius 1 is 1.12 bits per heavy atom. The van der Waals surface area contributed by atoms with Crippen molar-refractivity contribution >= 4 is 23.9 Å². The van der Waals surface area contributed by atoms with Crippen LogP contribution < -0.4 is 0 Å². The summed E-state index contributed by atoms with van der Waals surface area (Å²) < 4.78 is 16.3. The quantitative estimate of drug-likeness (QED) is 0.480. The van der Waals surface area contributed by atoms with E-state index in [2.05, 4.69) is 18.6 Å². The van der Waals surface area contributed by atoms with Crippen molar-refractivity contribution in [2.45, 2.75) is 84.3 Å². The monoisotopic (exact) mass is 462 g/mol. The molecule has 33 heavy (non-hydrogen) atoms. The first-order valence-electron chi connectivity index (χ1n) is 12.0. The standard InChI is InChI=1S/C25H34O8/c1-14(26)32-20-7-6-18-17-5-4-15-12-16(27)8-10-24(15,2)22(17)19(13-25(18,20)3)33-21(28)9-11-31-23(29)30/h12,17-20,22H,4-11,13H2,1-3H3,(H,29,30). The molecule has 7 atom stereocenters. The van der Waals surface area contributed by atoms with Gasteiger partial charge in [-0.25, -0.2) is 4.79 Å². The van der Waals surface area contributed by atoms with Gasteiger partial charge in [0.2, 0.25) is 0 Å². The first-order valence-corrected chi connectivity index (χ1v) is 12.0. The molecule has 0 bridgehead atoms. The summed E-state index contributed by atoms with van der Waals surface area (Å²) in [5.74, 6) is 0.104. The Bertz CT molecular complexity index is 878. The van der Waals surface area contributed by atoms with Crippen molar-refractivity contribution in [3.05, 3.63) is 11.6 Å². The number of hydrogen-bond acceptors (Lipinski definition) is 7. The molecule has 182 valence electrons. The molecule has 7 unspecified atom stereocenters. The third-order valence-electron chi connectivity index (χ3n) is 8.91. The van der Waals surface area contributed by atoms with Crippen molar-refractivity contribution in [1.82, 2.24) is 0 Å². The number of allylic oxidation sites excluding steroid dienone is 1. The summed E-state index contributed by atoms with van der Waals surface area (Å²) in [5.41, 5.74) is 0.644. The normalized spacial score (nSPS) is 39.4. The third kappa shape index (κ3) is 4.28. The van der Waals surface area contributed by atoms with Crippen molar-refractivity contribution in [3.63, 3.8) is 0 Å². The van der Waals surface area contributed by atoms with E-state index in [1.807, 2.05) is 6.08 Å². The zero-order chi connectivity index (χ0) is 24.0. The van der Waals surface area contributed by atoms with Gasteiger partial charge in [-0.3, -0.25) is 14.4 Å². The molecule has 1 N–H and O–H groups in total. The lowest BCUT2D eigenvalue weighted by molar-refractivity contribution is -0.187. The van der Waals surface area contributed by atoms with Crippen LogP contribution in [0.25, 0.3) is 0 Å². The van der Waals surface area contributed by atoms with Crippen LogP contribution in [0, 0.1) is 28.6 Å². The SMILES string of the molecule is CC(=O)OC1CCC2C3CCC4=CC(=O)CCC4(C)C3C(OC(=O)CCOC(=O)O)CC12C. The van der Waals surface area contributed by atoms with Gasteiger partial charge in [0, 0.05) is 24.7 Å². The van der Waals surface area contributed by atoms with Gasteiger partial charge in [0.1, 0.15) is 18.8 Å². The van der Waals surface area contributed by atoms with Gasteiger partial charge >= 0.3 is 18.1 Å². The molecule has 0 aromatic rings. The number of carbonyl (C=O) groups excluding carboxylic acids is 3. The van der Waals surface area contributed by atoms with Gasteiger partial charge in [-0.2, -0.15) is 0 Å². The number of hydrogen-bond donors (Lipinski definition) is 1. The lowest BCUT2D eigenvalue weighted by Crippen LogP contribution is -2.58.